The molecule has 0 spiro atoms. The van der Waals surface area contributed by atoms with Crippen LogP contribution >= 0.6 is 0 Å². The Morgan fingerprint density at radius 3 is 1.02 bits per heavy atom. The number of H-pyrrole nitrogens is 3. The van der Waals surface area contributed by atoms with E-state index >= 15 is 0 Å². The summed E-state index contributed by atoms with van der Waals surface area (Å²) in [5, 5.41) is 16.1. The second-order valence-corrected chi connectivity index (χ2v) is 38.1. The van der Waals surface area contributed by atoms with E-state index in [1.54, 1.807) is 67.0 Å². The molecule has 3 aliphatic heterocycles. The molecular formula is C81H118N19O19S3+3. The van der Waals surface area contributed by atoms with Crippen LogP contribution in [0.3, 0.4) is 0 Å². The summed E-state index contributed by atoms with van der Waals surface area (Å²) in [5.74, 6) is 1.39. The monoisotopic (exact) mass is 1760 g/mol. The normalized spacial score (nSPS) is 15.8. The number of nitrogens with one attached hydrogen (secondary N) is 4. The van der Waals surface area contributed by atoms with Crippen LogP contribution in [0.5, 0.6) is 17.2 Å². The highest BCUT2D eigenvalue weighted by molar-refractivity contribution is 7.89. The summed E-state index contributed by atoms with van der Waals surface area (Å²) in [6.45, 7) is 28.2. The van der Waals surface area contributed by atoms with Gasteiger partial charge >= 0.3 is 18.2 Å². The first-order valence-corrected chi connectivity index (χ1v) is 45.6. The number of benzene rings is 3. The van der Waals surface area contributed by atoms with Gasteiger partial charge in [0.05, 0.1) is 180 Å². The number of carbonyl (C=O) groups is 3. The molecule has 0 aliphatic carbocycles. The van der Waals surface area contributed by atoms with Crippen molar-refractivity contribution in [2.75, 3.05) is 140 Å². The van der Waals surface area contributed by atoms with Crippen LogP contribution in [0.2, 0.25) is 0 Å². The minimum Gasteiger partial charge on any atom is -0.493 e. The number of sulfonamides is 3. The van der Waals surface area contributed by atoms with Crippen LogP contribution in [-0.4, -0.2) is 281 Å². The van der Waals surface area contributed by atoms with E-state index in [0.717, 1.165) is 19.3 Å². The van der Waals surface area contributed by atoms with E-state index in [0.29, 0.717) is 176 Å². The predicted octanol–water partition coefficient (Wildman–Crippen LogP) is 7.15. The van der Waals surface area contributed by atoms with Crippen molar-refractivity contribution < 1.29 is 86.2 Å². The summed E-state index contributed by atoms with van der Waals surface area (Å²) in [4.78, 5) is 97.6. The van der Waals surface area contributed by atoms with E-state index in [-0.39, 0.29) is 132 Å². The standard InChI is InChI=1S/C27H39N7O6S.C27H38N6O7S.C27H38N6O6S/c1-7-9-21-23-24(32(5)31-21)26(35)30-25(29-23)20-16-19(10-11-22(20)39-8-2)41(37,38)33-12-14-34(6,15-13-33)17-40-27(36)28-18(3)4;1-7-9-21-23-24(31(5)30-21)26(34)29-25(28-23)20-16-19(10-11-22(20)38-8-2)41(36,37)32-12-14-33(6,15-13-32)17-39-27(35)40-18(3)4;1-7-9-21-23-24(31(5)30-21)26(34)29-25(28-23)20-16-19(10-11-22(20)38-8-2)40(36,37)32-12-14-33(6,15-13-32)17-39-27(35)18(3)4/h10-11,16,18H,7-9,12-15,17H2,1-6H3,(H-,28,29,30,35,36);10-11,16,18H,7-9,12-15,17H2,1-6H3;10-11,16,18H,7-9,12-15,17H2,1-6H3/p+3. The van der Waals surface area contributed by atoms with Crippen LogP contribution in [0.4, 0.5) is 9.59 Å². The fourth-order valence-electron chi connectivity index (χ4n) is 14.4. The number of ether oxygens (including phenoxy) is 7. The third kappa shape index (κ3) is 21.7. The Hall–Kier alpha value is -10.3. The molecule has 0 unspecified atom stereocenters. The maximum atomic E-state index is 13.7. The van der Waals surface area contributed by atoms with Crippen LogP contribution in [0.1, 0.15) is 119 Å². The number of alkyl carbamates (subject to hydrolysis) is 1. The van der Waals surface area contributed by atoms with Gasteiger partial charge in [-0.2, -0.15) is 28.2 Å². The lowest BCUT2D eigenvalue weighted by Gasteiger charge is -2.40. The number of aryl methyl sites for hydroxylation is 6. The van der Waals surface area contributed by atoms with Crippen molar-refractivity contribution in [1.29, 1.82) is 0 Å². The molecule has 0 saturated carbocycles. The number of piperazine rings is 3. The van der Waals surface area contributed by atoms with E-state index in [4.69, 9.17) is 48.1 Å². The van der Waals surface area contributed by atoms with Gasteiger partial charge in [0.2, 0.25) is 50.3 Å². The van der Waals surface area contributed by atoms with Crippen molar-refractivity contribution in [1.82, 2.24) is 77.5 Å². The lowest BCUT2D eigenvalue weighted by atomic mass is 10.1. The highest BCUT2D eigenvalue weighted by Crippen LogP contribution is 2.37. The molecule has 1 amide bonds. The summed E-state index contributed by atoms with van der Waals surface area (Å²) >= 11 is 0. The number of nitrogens with zero attached hydrogens (tertiary/aromatic N) is 15. The predicted molar refractivity (Wildman–Crippen MR) is 456 cm³/mol. The number of amides is 1. The SMILES string of the molecule is CCCc1nn(C)c2c(=O)[nH]c(-c3cc(S(=O)(=O)N4CC[N+](C)(COC(=O)C(C)C)CC4)ccc3OCC)nc12.CCCc1nn(C)c2c(=O)[nH]c(-c3cc(S(=O)(=O)N4CC[N+](C)(COC(=O)NC(C)C)CC4)ccc3OCC)nc12.CCCc1nn(C)c2c(=O)[nH]c(-c3cc(S(=O)(=O)N4CC[N+](C)(COC(=O)OC(C)C)CC4)ccc3OCC)nc12. The van der Waals surface area contributed by atoms with Crippen LogP contribution in [0.15, 0.2) is 83.7 Å². The molecular weight excluding hydrogens is 1640 g/mol. The van der Waals surface area contributed by atoms with Crippen molar-refractivity contribution in [3.05, 3.63) is 103 Å². The molecule has 3 aromatic carbocycles. The van der Waals surface area contributed by atoms with Crippen molar-refractivity contribution in [2.45, 2.75) is 148 Å². The fourth-order valence-corrected chi connectivity index (χ4v) is 18.8. The molecule has 6 aromatic heterocycles. The van der Waals surface area contributed by atoms with E-state index in [1.165, 1.54) is 63.4 Å². The largest absolute Gasteiger partial charge is 0.512 e. The zero-order chi connectivity index (χ0) is 89.1. The van der Waals surface area contributed by atoms with Crippen LogP contribution in [0.25, 0.3) is 67.3 Å². The topological polar surface area (TPSA) is 431 Å². The van der Waals surface area contributed by atoms with Gasteiger partial charge in [-0.15, -0.1) is 0 Å². The highest BCUT2D eigenvalue weighted by Gasteiger charge is 2.41. The van der Waals surface area contributed by atoms with Crippen molar-refractivity contribution in [3.63, 3.8) is 0 Å². The summed E-state index contributed by atoms with van der Waals surface area (Å²) in [5.41, 5.74) is 4.69. The molecule has 0 bridgehead atoms. The number of hydrogen-bond acceptors (Lipinski definition) is 25. The van der Waals surface area contributed by atoms with E-state index in [1.807, 2.05) is 76.5 Å². The van der Waals surface area contributed by atoms with E-state index in [9.17, 15) is 54.0 Å². The Morgan fingerprint density at radius 1 is 0.451 bits per heavy atom. The second-order valence-electron chi connectivity index (χ2n) is 32.3. The molecule has 3 saturated heterocycles. The quantitative estimate of drug-likeness (QED) is 0.0197. The van der Waals surface area contributed by atoms with Gasteiger partial charge in [0.1, 0.15) is 51.3 Å². The molecule has 4 N–H and O–H groups in total. The summed E-state index contributed by atoms with van der Waals surface area (Å²) in [6, 6.07) is 13.8. The fraction of sp³-hybridized carbons (Fsp3) is 0.556. The minimum absolute atomic E-state index is 0.0357. The Balaban J connectivity index is 0.000000192. The average Bonchev–Trinajstić information content (AvgIpc) is 1.72. The maximum absolute atomic E-state index is 13.7. The number of aromatic nitrogens is 12. The van der Waals surface area contributed by atoms with Gasteiger partial charge in [-0.1, -0.05) is 53.9 Å². The van der Waals surface area contributed by atoms with Crippen LogP contribution in [0, 0.1) is 5.92 Å². The summed E-state index contributed by atoms with van der Waals surface area (Å²) in [6.07, 6.45) is 2.93. The molecule has 9 aromatic rings. The molecule has 666 valence electrons. The number of quaternary nitrogens is 3. The first-order chi connectivity index (χ1) is 57.7. The number of hydrogen-bond donors (Lipinski definition) is 4. The number of carbonyl (C=O) groups excluding carboxylic acids is 3. The number of likely N-dealkylation sites (N-methyl/N-ethyl adjacent to an activating group) is 3. The van der Waals surface area contributed by atoms with Gasteiger partial charge in [0.25, 0.3) is 16.7 Å². The number of aromatic amines is 3. The zero-order valence-corrected chi connectivity index (χ0v) is 75.5. The van der Waals surface area contributed by atoms with Gasteiger partial charge in [-0.3, -0.25) is 46.7 Å². The van der Waals surface area contributed by atoms with Gasteiger partial charge < -0.3 is 53.4 Å². The number of fused-ring (bicyclic) bond motifs is 3. The molecule has 0 atom stereocenters. The van der Waals surface area contributed by atoms with Gasteiger partial charge in [-0.25, -0.2) is 49.8 Å². The summed E-state index contributed by atoms with van der Waals surface area (Å²) in [7, 11) is -0.727. The van der Waals surface area contributed by atoms with Crippen molar-refractivity contribution >= 4 is 81.4 Å². The lowest BCUT2D eigenvalue weighted by molar-refractivity contribution is -0.928. The molecule has 0 radical (unpaired) electrons. The van der Waals surface area contributed by atoms with Gasteiger partial charge in [0.15, 0.2) is 16.6 Å². The smallest absolute Gasteiger partial charge is 0.493 e. The molecule has 9 heterocycles. The van der Waals surface area contributed by atoms with Crippen LogP contribution < -0.4 is 36.2 Å². The van der Waals surface area contributed by atoms with E-state index in [2.05, 4.69) is 35.6 Å². The first-order valence-electron chi connectivity index (χ1n) is 41.3. The lowest BCUT2D eigenvalue weighted by Crippen LogP contribution is -2.59. The van der Waals surface area contributed by atoms with Gasteiger partial charge in [0, 0.05) is 27.2 Å². The Kier molecular flexibility index (Phi) is 30.4. The Labute approximate surface area is 710 Å². The molecule has 38 nitrogen and oxygen atoms in total. The Morgan fingerprint density at radius 2 is 0.746 bits per heavy atom. The maximum Gasteiger partial charge on any atom is 0.512 e. The second kappa shape index (κ2) is 39.5. The van der Waals surface area contributed by atoms with Crippen LogP contribution in [-0.2, 0) is 94.2 Å². The molecule has 3 aliphatic rings. The first kappa shape index (κ1) is 94.0. The number of rotatable bonds is 30. The number of esters is 1. The molecule has 122 heavy (non-hydrogen) atoms. The molecule has 3 fully saturated rings. The van der Waals surface area contributed by atoms with Gasteiger partial charge in [-0.05, 0) is 122 Å². The third-order valence-electron chi connectivity index (χ3n) is 21.2. The highest BCUT2D eigenvalue weighted by atomic mass is 32.2. The summed E-state index contributed by atoms with van der Waals surface area (Å²) < 4.78 is 131. The minimum atomic E-state index is -3.89. The average molecular weight is 1760 g/mol. The molecule has 12 rings (SSSR count). The molecule has 41 heteroatoms. The van der Waals surface area contributed by atoms with Crippen molar-refractivity contribution in [3.8, 4) is 51.4 Å². The third-order valence-corrected chi connectivity index (χ3v) is 26.9. The Bertz CT molecular complexity index is 5580. The van der Waals surface area contributed by atoms with E-state index < -0.39 is 42.3 Å². The zero-order valence-electron chi connectivity index (χ0n) is 73.1. The van der Waals surface area contributed by atoms with Crippen molar-refractivity contribution in [2.24, 2.45) is 27.1 Å².